The average Bonchev–Trinajstić information content (AvgIpc) is 3.04. The average molecular weight is 361 g/mol. The highest BCUT2D eigenvalue weighted by molar-refractivity contribution is 7.99. The zero-order valence-corrected chi connectivity index (χ0v) is 14.3. The summed E-state index contributed by atoms with van der Waals surface area (Å²) in [5.41, 5.74) is 1.99. The molecule has 2 heterocycles. The number of pyridine rings is 1. The van der Waals surface area contributed by atoms with Crippen LogP contribution in [-0.2, 0) is 4.79 Å². The normalized spacial score (nSPS) is 10.6. The Bertz CT molecular complexity index is 834. The lowest BCUT2D eigenvalue weighted by molar-refractivity contribution is -0.113. The molecule has 9 heteroatoms. The van der Waals surface area contributed by atoms with Crippen LogP contribution in [0.25, 0.3) is 5.69 Å². The molecule has 0 aliphatic carbocycles. The van der Waals surface area contributed by atoms with Gasteiger partial charge in [-0.25, -0.2) is 4.98 Å². The molecule has 1 aromatic carbocycles. The first-order valence-electron chi connectivity index (χ1n) is 7.01. The number of aryl methyl sites for hydroxylation is 1. The number of benzene rings is 1. The van der Waals surface area contributed by atoms with Gasteiger partial charge in [-0.15, -0.1) is 5.10 Å². The molecule has 24 heavy (non-hydrogen) atoms. The van der Waals surface area contributed by atoms with E-state index in [4.69, 9.17) is 11.6 Å². The Balaban J connectivity index is 1.63. The van der Waals surface area contributed by atoms with Crippen LogP contribution in [0.1, 0.15) is 5.56 Å². The highest BCUT2D eigenvalue weighted by Gasteiger charge is 2.12. The first-order chi connectivity index (χ1) is 11.6. The molecule has 0 aliphatic heterocycles. The fourth-order valence-corrected chi connectivity index (χ4v) is 2.68. The van der Waals surface area contributed by atoms with Crippen molar-refractivity contribution in [2.45, 2.75) is 12.1 Å². The summed E-state index contributed by atoms with van der Waals surface area (Å²) in [6.07, 6.45) is 1.47. The lowest BCUT2D eigenvalue weighted by Crippen LogP contribution is -2.15. The van der Waals surface area contributed by atoms with E-state index in [1.54, 1.807) is 16.8 Å². The Morgan fingerprint density at radius 2 is 2.04 bits per heavy atom. The molecule has 0 bridgehead atoms. The Morgan fingerprint density at radius 1 is 1.25 bits per heavy atom. The zero-order valence-electron chi connectivity index (χ0n) is 12.7. The SMILES string of the molecule is Cc1ccc(-n2nnnc2SCC(=O)Nc2ccc(Cl)cn2)cc1. The van der Waals surface area contributed by atoms with Crippen LogP contribution in [0.2, 0.25) is 5.02 Å². The number of halogens is 1. The maximum Gasteiger partial charge on any atom is 0.236 e. The van der Waals surface area contributed by atoms with Gasteiger partial charge in [0, 0.05) is 6.20 Å². The summed E-state index contributed by atoms with van der Waals surface area (Å²) in [6, 6.07) is 11.1. The molecular weight excluding hydrogens is 348 g/mol. The first-order valence-corrected chi connectivity index (χ1v) is 8.38. The minimum Gasteiger partial charge on any atom is -0.310 e. The van der Waals surface area contributed by atoms with Gasteiger partial charge in [0.05, 0.1) is 16.5 Å². The fourth-order valence-electron chi connectivity index (χ4n) is 1.88. The molecule has 0 fully saturated rings. The number of aromatic nitrogens is 5. The second-order valence-corrected chi connectivity index (χ2v) is 6.29. The molecule has 0 spiro atoms. The van der Waals surface area contributed by atoms with E-state index in [1.165, 1.54) is 18.0 Å². The van der Waals surface area contributed by atoms with Crippen molar-refractivity contribution in [2.75, 3.05) is 11.1 Å². The number of rotatable bonds is 5. The predicted octanol–water partition coefficient (Wildman–Crippen LogP) is 2.75. The van der Waals surface area contributed by atoms with Crippen LogP contribution < -0.4 is 5.32 Å². The molecule has 3 aromatic rings. The van der Waals surface area contributed by atoms with Crippen molar-refractivity contribution in [3.05, 3.63) is 53.2 Å². The molecule has 7 nitrogen and oxygen atoms in total. The van der Waals surface area contributed by atoms with E-state index in [1.807, 2.05) is 31.2 Å². The van der Waals surface area contributed by atoms with Gasteiger partial charge in [-0.3, -0.25) is 4.79 Å². The number of carbonyl (C=O) groups is 1. The summed E-state index contributed by atoms with van der Waals surface area (Å²) in [5.74, 6) is 0.410. The van der Waals surface area contributed by atoms with Crippen molar-refractivity contribution in [3.8, 4) is 5.69 Å². The van der Waals surface area contributed by atoms with Crippen LogP contribution in [0, 0.1) is 6.92 Å². The van der Waals surface area contributed by atoms with E-state index in [0.717, 1.165) is 11.3 Å². The highest BCUT2D eigenvalue weighted by Crippen LogP contribution is 2.19. The van der Waals surface area contributed by atoms with Gasteiger partial charge in [0.1, 0.15) is 5.82 Å². The van der Waals surface area contributed by atoms with E-state index in [0.29, 0.717) is 16.0 Å². The number of nitrogens with zero attached hydrogens (tertiary/aromatic N) is 5. The largest absolute Gasteiger partial charge is 0.310 e. The molecule has 0 atom stereocenters. The molecule has 0 radical (unpaired) electrons. The summed E-state index contributed by atoms with van der Waals surface area (Å²) in [7, 11) is 0. The Kier molecular flexibility index (Phi) is 5.07. The standard InChI is InChI=1S/C15H13ClN6OS/c1-10-2-5-12(6-3-10)22-15(19-20-21-22)24-9-14(23)18-13-7-4-11(16)8-17-13/h2-8H,9H2,1H3,(H,17,18,23). The van der Waals surface area contributed by atoms with Crippen LogP contribution in [0.15, 0.2) is 47.8 Å². The molecule has 3 rings (SSSR count). The topological polar surface area (TPSA) is 85.6 Å². The second-order valence-electron chi connectivity index (χ2n) is 4.91. The lowest BCUT2D eigenvalue weighted by Gasteiger charge is -2.05. The third kappa shape index (κ3) is 4.09. The van der Waals surface area contributed by atoms with Crippen molar-refractivity contribution in [1.29, 1.82) is 0 Å². The molecule has 0 saturated carbocycles. The van der Waals surface area contributed by atoms with E-state index >= 15 is 0 Å². The minimum atomic E-state index is -0.201. The number of hydrogen-bond acceptors (Lipinski definition) is 6. The summed E-state index contributed by atoms with van der Waals surface area (Å²) in [4.78, 5) is 16.0. The predicted molar refractivity (Wildman–Crippen MR) is 92.5 cm³/mol. The summed E-state index contributed by atoms with van der Waals surface area (Å²) < 4.78 is 1.60. The van der Waals surface area contributed by atoms with Gasteiger partial charge in [-0.1, -0.05) is 41.1 Å². The van der Waals surface area contributed by atoms with Gasteiger partial charge in [-0.05, 0) is 41.6 Å². The monoisotopic (exact) mass is 360 g/mol. The summed E-state index contributed by atoms with van der Waals surface area (Å²) in [5, 5.41) is 15.3. The van der Waals surface area contributed by atoms with Crippen LogP contribution in [0.3, 0.4) is 0 Å². The summed E-state index contributed by atoms with van der Waals surface area (Å²) >= 11 is 7.00. The number of carbonyl (C=O) groups excluding carboxylic acids is 1. The van der Waals surface area contributed by atoms with E-state index in [-0.39, 0.29) is 11.7 Å². The molecular formula is C15H13ClN6OS. The van der Waals surface area contributed by atoms with Crippen molar-refractivity contribution in [2.24, 2.45) is 0 Å². The second kappa shape index (κ2) is 7.41. The van der Waals surface area contributed by atoms with Gasteiger partial charge < -0.3 is 5.32 Å². The third-order valence-corrected chi connectivity index (χ3v) is 4.19. The molecule has 0 saturated heterocycles. The van der Waals surface area contributed by atoms with Crippen molar-refractivity contribution in [3.63, 3.8) is 0 Å². The van der Waals surface area contributed by atoms with Crippen LogP contribution in [0.5, 0.6) is 0 Å². The number of tetrazole rings is 1. The zero-order chi connectivity index (χ0) is 16.9. The molecule has 0 aliphatic rings. The maximum atomic E-state index is 12.0. The van der Waals surface area contributed by atoms with E-state index < -0.39 is 0 Å². The quantitative estimate of drug-likeness (QED) is 0.704. The fraction of sp³-hybridized carbons (Fsp3) is 0.133. The van der Waals surface area contributed by atoms with Crippen molar-refractivity contribution >= 4 is 35.1 Å². The Morgan fingerprint density at radius 3 is 2.75 bits per heavy atom. The number of nitrogens with one attached hydrogen (secondary N) is 1. The van der Waals surface area contributed by atoms with E-state index in [9.17, 15) is 4.79 Å². The van der Waals surface area contributed by atoms with Crippen molar-refractivity contribution in [1.82, 2.24) is 25.2 Å². The molecule has 2 aromatic heterocycles. The van der Waals surface area contributed by atoms with E-state index in [2.05, 4.69) is 25.8 Å². The van der Waals surface area contributed by atoms with Crippen LogP contribution in [-0.4, -0.2) is 36.9 Å². The number of anilines is 1. The summed E-state index contributed by atoms with van der Waals surface area (Å²) in [6.45, 7) is 2.01. The lowest BCUT2D eigenvalue weighted by atomic mass is 10.2. The van der Waals surface area contributed by atoms with Gasteiger partial charge in [0.2, 0.25) is 11.1 Å². The third-order valence-electron chi connectivity index (χ3n) is 3.05. The van der Waals surface area contributed by atoms with Crippen LogP contribution >= 0.6 is 23.4 Å². The van der Waals surface area contributed by atoms with Gasteiger partial charge in [0.15, 0.2) is 0 Å². The Hall–Kier alpha value is -2.45. The van der Waals surface area contributed by atoms with Crippen molar-refractivity contribution < 1.29 is 4.79 Å². The molecule has 1 amide bonds. The molecule has 1 N–H and O–H groups in total. The highest BCUT2D eigenvalue weighted by atomic mass is 35.5. The maximum absolute atomic E-state index is 12.0. The first kappa shape index (κ1) is 16.4. The Labute approximate surface area is 147 Å². The smallest absolute Gasteiger partial charge is 0.236 e. The van der Waals surface area contributed by atoms with Gasteiger partial charge in [-0.2, -0.15) is 4.68 Å². The van der Waals surface area contributed by atoms with Gasteiger partial charge in [0.25, 0.3) is 0 Å². The number of amides is 1. The minimum absolute atomic E-state index is 0.163. The molecule has 122 valence electrons. The van der Waals surface area contributed by atoms with Crippen LogP contribution in [0.4, 0.5) is 5.82 Å². The van der Waals surface area contributed by atoms with Gasteiger partial charge >= 0.3 is 0 Å². The number of thioether (sulfide) groups is 1. The molecule has 0 unspecified atom stereocenters. The number of hydrogen-bond donors (Lipinski definition) is 1.